The average Bonchev–Trinajstić information content (AvgIpc) is 2.85. The summed E-state index contributed by atoms with van der Waals surface area (Å²) >= 11 is 0. The Balaban J connectivity index is 2.03. The second-order valence-corrected chi connectivity index (χ2v) is 4.17. The van der Waals surface area contributed by atoms with Crippen LogP contribution >= 0.6 is 0 Å². The fourth-order valence-electron chi connectivity index (χ4n) is 2.39. The Labute approximate surface area is 105 Å². The normalized spacial score (nSPS) is 24.1. The number of carboxylic acid groups (broad SMARTS) is 1. The van der Waals surface area contributed by atoms with E-state index in [4.69, 9.17) is 9.84 Å². The zero-order valence-electron chi connectivity index (χ0n) is 9.27. The van der Waals surface area contributed by atoms with Crippen molar-refractivity contribution in [1.29, 1.82) is 0 Å². The van der Waals surface area contributed by atoms with E-state index in [1.807, 2.05) is 0 Å². The van der Waals surface area contributed by atoms with Gasteiger partial charge in [-0.2, -0.15) is 0 Å². The van der Waals surface area contributed by atoms with E-state index in [0.717, 1.165) is 0 Å². The highest BCUT2D eigenvalue weighted by atomic mass is 19.4. The molecule has 4 nitrogen and oxygen atoms in total. The molecular weight excluding hydrogens is 265 g/mol. The molecule has 0 radical (unpaired) electrons. The SMILES string of the molecule is O=C(O)C1=C[C@@H]2O[C@@H]1c1cccc(OC(F)(F)F)c12. The molecule has 2 aliphatic rings. The molecule has 0 aromatic heterocycles. The maximum atomic E-state index is 12.3. The molecule has 7 heteroatoms. The highest BCUT2D eigenvalue weighted by molar-refractivity contribution is 5.90. The summed E-state index contributed by atoms with van der Waals surface area (Å²) in [6.45, 7) is 0. The van der Waals surface area contributed by atoms with Gasteiger partial charge in [-0.3, -0.25) is 0 Å². The number of ether oxygens (including phenoxy) is 2. The van der Waals surface area contributed by atoms with Gasteiger partial charge in [-0.25, -0.2) is 4.79 Å². The smallest absolute Gasteiger partial charge is 0.478 e. The average molecular weight is 272 g/mol. The van der Waals surface area contributed by atoms with Gasteiger partial charge in [0.1, 0.15) is 18.0 Å². The Morgan fingerprint density at radius 3 is 2.74 bits per heavy atom. The van der Waals surface area contributed by atoms with Gasteiger partial charge < -0.3 is 14.6 Å². The third kappa shape index (κ3) is 1.86. The van der Waals surface area contributed by atoms with Crippen molar-refractivity contribution in [2.45, 2.75) is 18.6 Å². The van der Waals surface area contributed by atoms with Crippen LogP contribution in [0.1, 0.15) is 23.3 Å². The fourth-order valence-corrected chi connectivity index (χ4v) is 2.39. The number of benzene rings is 1. The molecule has 2 aliphatic heterocycles. The second-order valence-electron chi connectivity index (χ2n) is 4.17. The van der Waals surface area contributed by atoms with Crippen LogP contribution in [0.15, 0.2) is 29.8 Å². The minimum absolute atomic E-state index is 0.0432. The van der Waals surface area contributed by atoms with Crippen LogP contribution in [0.3, 0.4) is 0 Å². The molecule has 0 fully saturated rings. The number of alkyl halides is 3. The van der Waals surface area contributed by atoms with Gasteiger partial charge in [0.15, 0.2) is 0 Å². The lowest BCUT2D eigenvalue weighted by atomic mass is 9.91. The monoisotopic (exact) mass is 272 g/mol. The minimum Gasteiger partial charge on any atom is -0.478 e. The maximum absolute atomic E-state index is 12.3. The summed E-state index contributed by atoms with van der Waals surface area (Å²) in [7, 11) is 0. The third-order valence-electron chi connectivity index (χ3n) is 3.04. The first-order chi connectivity index (χ1) is 8.87. The van der Waals surface area contributed by atoms with E-state index in [0.29, 0.717) is 5.56 Å². The summed E-state index contributed by atoms with van der Waals surface area (Å²) in [5.41, 5.74) is 0.697. The molecule has 2 atom stereocenters. The summed E-state index contributed by atoms with van der Waals surface area (Å²) in [5.74, 6) is -1.49. The van der Waals surface area contributed by atoms with E-state index in [2.05, 4.69) is 4.74 Å². The van der Waals surface area contributed by atoms with Gasteiger partial charge in [0.05, 0.1) is 5.57 Å². The molecule has 0 amide bonds. The maximum Gasteiger partial charge on any atom is 0.573 e. The molecule has 1 aromatic rings. The molecule has 0 unspecified atom stereocenters. The van der Waals surface area contributed by atoms with Gasteiger partial charge in [-0.05, 0) is 17.7 Å². The predicted octanol–water partition coefficient (Wildman–Crippen LogP) is 2.72. The number of halogens is 3. The number of hydrogen-bond donors (Lipinski definition) is 1. The molecule has 1 N–H and O–H groups in total. The van der Waals surface area contributed by atoms with Crippen molar-refractivity contribution in [3.63, 3.8) is 0 Å². The zero-order chi connectivity index (χ0) is 13.8. The molecule has 0 spiro atoms. The van der Waals surface area contributed by atoms with Gasteiger partial charge in [0.25, 0.3) is 0 Å². The van der Waals surface area contributed by atoms with E-state index in [1.165, 1.54) is 18.2 Å². The van der Waals surface area contributed by atoms with Gasteiger partial charge in [-0.1, -0.05) is 12.1 Å². The lowest BCUT2D eigenvalue weighted by molar-refractivity contribution is -0.275. The first-order valence-electron chi connectivity index (χ1n) is 5.36. The van der Waals surface area contributed by atoms with E-state index in [9.17, 15) is 18.0 Å². The van der Waals surface area contributed by atoms with Crippen molar-refractivity contribution >= 4 is 5.97 Å². The Morgan fingerprint density at radius 2 is 2.11 bits per heavy atom. The Bertz CT molecular complexity index is 591. The van der Waals surface area contributed by atoms with Crippen molar-refractivity contribution in [3.8, 4) is 5.75 Å². The zero-order valence-corrected chi connectivity index (χ0v) is 9.27. The summed E-state index contributed by atoms with van der Waals surface area (Å²) in [6, 6.07) is 4.10. The summed E-state index contributed by atoms with van der Waals surface area (Å²) in [4.78, 5) is 11.0. The molecule has 0 saturated carbocycles. The van der Waals surface area contributed by atoms with Gasteiger partial charge in [0.2, 0.25) is 0 Å². The summed E-state index contributed by atoms with van der Waals surface area (Å²) in [6.07, 6.45) is -5.12. The Kier molecular flexibility index (Phi) is 2.37. The van der Waals surface area contributed by atoms with E-state index < -0.39 is 24.5 Å². The van der Waals surface area contributed by atoms with Crippen molar-refractivity contribution < 1.29 is 32.5 Å². The molecule has 3 rings (SSSR count). The third-order valence-corrected chi connectivity index (χ3v) is 3.04. The number of carboxylic acids is 1. The van der Waals surface area contributed by atoms with Crippen molar-refractivity contribution in [1.82, 2.24) is 0 Å². The molecule has 19 heavy (non-hydrogen) atoms. The number of carbonyl (C=O) groups is 1. The Hall–Kier alpha value is -2.02. The van der Waals surface area contributed by atoms with Crippen molar-refractivity contribution in [2.24, 2.45) is 0 Å². The van der Waals surface area contributed by atoms with Gasteiger partial charge in [0, 0.05) is 5.56 Å². The molecule has 0 saturated heterocycles. The van der Waals surface area contributed by atoms with Crippen LogP contribution in [0.5, 0.6) is 5.75 Å². The molecule has 2 heterocycles. The van der Waals surface area contributed by atoms with Crippen LogP contribution in [-0.2, 0) is 9.53 Å². The van der Waals surface area contributed by atoms with Gasteiger partial charge >= 0.3 is 12.3 Å². The lowest BCUT2D eigenvalue weighted by Gasteiger charge is -2.16. The first kappa shape index (κ1) is 12.0. The molecule has 1 aromatic carbocycles. The van der Waals surface area contributed by atoms with Crippen LogP contribution in [0.25, 0.3) is 0 Å². The second kappa shape index (κ2) is 3.74. The number of fused-ring (bicyclic) bond motifs is 5. The number of aliphatic carboxylic acids is 1. The summed E-state index contributed by atoms with van der Waals surface area (Å²) < 4.78 is 46.1. The van der Waals surface area contributed by atoms with Crippen molar-refractivity contribution in [3.05, 3.63) is 41.0 Å². The van der Waals surface area contributed by atoms with Crippen LogP contribution in [-0.4, -0.2) is 17.4 Å². The van der Waals surface area contributed by atoms with Crippen LogP contribution in [0.4, 0.5) is 13.2 Å². The first-order valence-corrected chi connectivity index (χ1v) is 5.36. The van der Waals surface area contributed by atoms with E-state index >= 15 is 0 Å². The van der Waals surface area contributed by atoms with Crippen LogP contribution < -0.4 is 4.74 Å². The highest BCUT2D eigenvalue weighted by Crippen LogP contribution is 2.53. The topological polar surface area (TPSA) is 55.8 Å². The molecular formula is C12H7F3O4. The number of hydrogen-bond acceptors (Lipinski definition) is 3. The van der Waals surface area contributed by atoms with E-state index in [-0.39, 0.29) is 16.9 Å². The van der Waals surface area contributed by atoms with Gasteiger partial charge in [-0.15, -0.1) is 13.2 Å². The fraction of sp³-hybridized carbons (Fsp3) is 0.250. The largest absolute Gasteiger partial charge is 0.573 e. The lowest BCUT2D eigenvalue weighted by Crippen LogP contribution is -2.19. The molecule has 100 valence electrons. The minimum atomic E-state index is -4.80. The van der Waals surface area contributed by atoms with E-state index in [1.54, 1.807) is 6.07 Å². The standard InChI is InChI=1S/C12H7F3O4/c13-12(14,15)19-7-3-1-2-5-9(7)8-4-6(11(16)17)10(5)18-8/h1-4,8,10H,(H,16,17)/t8-,10+/m0/s1. The number of rotatable bonds is 2. The van der Waals surface area contributed by atoms with Crippen LogP contribution in [0, 0.1) is 0 Å². The molecule has 0 aliphatic carbocycles. The molecule has 2 bridgehead atoms. The van der Waals surface area contributed by atoms with Crippen molar-refractivity contribution in [2.75, 3.05) is 0 Å². The Morgan fingerprint density at radius 1 is 1.37 bits per heavy atom. The highest BCUT2D eigenvalue weighted by Gasteiger charge is 2.45. The summed E-state index contributed by atoms with van der Waals surface area (Å²) in [5, 5.41) is 8.96. The quantitative estimate of drug-likeness (QED) is 0.899. The van der Waals surface area contributed by atoms with Crippen LogP contribution in [0.2, 0.25) is 0 Å². The predicted molar refractivity (Wildman–Crippen MR) is 55.4 cm³/mol.